The second-order valence-corrected chi connectivity index (χ2v) is 13.1. The fourth-order valence-electron chi connectivity index (χ4n) is 4.21. The van der Waals surface area contributed by atoms with Gasteiger partial charge in [0.15, 0.2) is 5.13 Å². The summed E-state index contributed by atoms with van der Waals surface area (Å²) in [7, 11) is 1.75. The molecule has 1 aliphatic heterocycles. The second-order valence-electron chi connectivity index (χ2n) is 8.63. The van der Waals surface area contributed by atoms with Gasteiger partial charge in [0.2, 0.25) is 5.91 Å². The van der Waals surface area contributed by atoms with E-state index < -0.39 is 16.1 Å². The molecule has 3 aromatic rings. The van der Waals surface area contributed by atoms with Gasteiger partial charge in [-0.3, -0.25) is 9.69 Å². The van der Waals surface area contributed by atoms with Crippen molar-refractivity contribution >= 4 is 65.6 Å². The zero-order valence-electron chi connectivity index (χ0n) is 19.9. The van der Waals surface area contributed by atoms with Gasteiger partial charge in [-0.2, -0.15) is 4.31 Å². The number of piperidine rings is 1. The number of sulfonamides is 1. The van der Waals surface area contributed by atoms with Gasteiger partial charge in [0.25, 0.3) is 10.0 Å². The number of fused-ring (bicyclic) bond motifs is 1. The molecule has 1 atom stereocenters. The van der Waals surface area contributed by atoms with Gasteiger partial charge in [-0.25, -0.2) is 13.4 Å². The van der Waals surface area contributed by atoms with Gasteiger partial charge < -0.3 is 9.64 Å². The number of methoxy groups -OCH3 is 1. The van der Waals surface area contributed by atoms with E-state index in [1.807, 2.05) is 14.1 Å². The van der Waals surface area contributed by atoms with Crippen LogP contribution in [0.5, 0.6) is 5.75 Å². The van der Waals surface area contributed by atoms with Gasteiger partial charge in [0.05, 0.1) is 16.8 Å². The van der Waals surface area contributed by atoms with E-state index in [1.165, 1.54) is 27.0 Å². The molecular weight excluding hydrogens is 528 g/mol. The van der Waals surface area contributed by atoms with E-state index in [1.54, 1.807) is 41.7 Å². The molecular formula is C23H29ClN4O4S3. The third-order valence-corrected chi connectivity index (χ3v) is 10.8. The first-order chi connectivity index (χ1) is 16.7. The summed E-state index contributed by atoms with van der Waals surface area (Å²) in [6, 6.07) is 6.03. The Kier molecular flexibility index (Phi) is 8.34. The molecule has 1 fully saturated rings. The lowest BCUT2D eigenvalue weighted by Crippen LogP contribution is -2.53. The molecule has 1 aromatic carbocycles. The van der Waals surface area contributed by atoms with Crippen molar-refractivity contribution in [2.45, 2.75) is 35.9 Å². The number of hydrogen-bond donors (Lipinski definition) is 0. The molecule has 4 rings (SSSR count). The van der Waals surface area contributed by atoms with Crippen LogP contribution >= 0.6 is 34.3 Å². The van der Waals surface area contributed by atoms with Crippen molar-refractivity contribution in [2.24, 2.45) is 0 Å². The number of carbonyl (C=O) groups excluding carboxylic acids is 1. The molecule has 0 spiro atoms. The molecule has 0 bridgehead atoms. The molecule has 35 heavy (non-hydrogen) atoms. The van der Waals surface area contributed by atoms with Gasteiger partial charge in [-0.05, 0) is 63.5 Å². The van der Waals surface area contributed by atoms with E-state index in [0.717, 1.165) is 24.1 Å². The van der Waals surface area contributed by atoms with Gasteiger partial charge in [0.1, 0.15) is 21.5 Å². The van der Waals surface area contributed by atoms with Crippen molar-refractivity contribution in [3.05, 3.63) is 34.7 Å². The van der Waals surface area contributed by atoms with Gasteiger partial charge in [0, 0.05) is 13.1 Å². The minimum atomic E-state index is -3.77. The highest BCUT2D eigenvalue weighted by atomic mass is 35.5. The van der Waals surface area contributed by atoms with Crippen LogP contribution < -0.4 is 9.64 Å². The highest BCUT2D eigenvalue weighted by Crippen LogP contribution is 2.39. The molecule has 3 heterocycles. The summed E-state index contributed by atoms with van der Waals surface area (Å²) in [5.41, 5.74) is 0.595. The molecule has 12 heteroatoms. The van der Waals surface area contributed by atoms with Crippen LogP contribution in [0.2, 0.25) is 5.02 Å². The van der Waals surface area contributed by atoms with Crippen LogP contribution in [-0.4, -0.2) is 75.4 Å². The molecule has 1 amide bonds. The first-order valence-electron chi connectivity index (χ1n) is 11.4. The fraction of sp³-hybridized carbons (Fsp3) is 0.478. The lowest BCUT2D eigenvalue weighted by atomic mass is 10.0. The Morgan fingerprint density at radius 2 is 2.06 bits per heavy atom. The van der Waals surface area contributed by atoms with Crippen LogP contribution in [0.4, 0.5) is 5.13 Å². The lowest BCUT2D eigenvalue weighted by Gasteiger charge is -2.36. The topological polar surface area (TPSA) is 83.0 Å². The number of anilines is 1. The zero-order valence-corrected chi connectivity index (χ0v) is 23.1. The maximum Gasteiger partial charge on any atom is 0.253 e. The summed E-state index contributed by atoms with van der Waals surface area (Å²) in [6.07, 6.45) is 2.70. The van der Waals surface area contributed by atoms with Crippen LogP contribution in [0.3, 0.4) is 0 Å². The molecule has 1 unspecified atom stereocenters. The van der Waals surface area contributed by atoms with E-state index in [9.17, 15) is 13.2 Å². The summed E-state index contributed by atoms with van der Waals surface area (Å²) in [5.74, 6) is 0.324. The smallest absolute Gasteiger partial charge is 0.253 e. The predicted molar refractivity (Wildman–Crippen MR) is 143 cm³/mol. The lowest BCUT2D eigenvalue weighted by molar-refractivity contribution is -0.123. The van der Waals surface area contributed by atoms with E-state index in [0.29, 0.717) is 47.4 Å². The number of ether oxygens (including phenoxy) is 1. The monoisotopic (exact) mass is 556 g/mol. The summed E-state index contributed by atoms with van der Waals surface area (Å²) in [4.78, 5) is 22.4. The van der Waals surface area contributed by atoms with E-state index in [2.05, 4.69) is 4.90 Å². The second kappa shape index (κ2) is 11.1. The molecule has 8 nitrogen and oxygen atoms in total. The van der Waals surface area contributed by atoms with Crippen LogP contribution in [0.25, 0.3) is 10.2 Å². The van der Waals surface area contributed by atoms with Gasteiger partial charge in [-0.1, -0.05) is 35.4 Å². The predicted octanol–water partition coefficient (Wildman–Crippen LogP) is 4.55. The number of aromatic nitrogens is 1. The number of halogens is 1. The first kappa shape index (κ1) is 26.3. The summed E-state index contributed by atoms with van der Waals surface area (Å²) < 4.78 is 34.6. The normalized spacial score (nSPS) is 17.2. The Bertz CT molecular complexity index is 1280. The summed E-state index contributed by atoms with van der Waals surface area (Å²) in [6.45, 7) is 1.52. The van der Waals surface area contributed by atoms with Crippen LogP contribution in [0.1, 0.15) is 25.7 Å². The third kappa shape index (κ3) is 5.50. The van der Waals surface area contributed by atoms with Gasteiger partial charge >= 0.3 is 0 Å². The maximum absolute atomic E-state index is 14.0. The summed E-state index contributed by atoms with van der Waals surface area (Å²) >= 11 is 8.93. The summed E-state index contributed by atoms with van der Waals surface area (Å²) in [5, 5.41) is 2.76. The van der Waals surface area contributed by atoms with Crippen molar-refractivity contribution in [1.29, 1.82) is 0 Å². The fourth-order valence-corrected chi connectivity index (χ4v) is 8.27. The molecule has 1 saturated heterocycles. The standard InChI is InChI=1S/C23H29ClN4O4S3/c1-26(2)12-7-13-27(23-25-20-18(32-3)11-10-16(24)21(20)34-23)22(29)17-8-4-5-14-28(17)35(30,31)19-9-6-15-33-19/h6,9-11,15,17H,4-5,7-8,12-14H2,1-3H3. The zero-order chi connectivity index (χ0) is 25.2. The van der Waals surface area contributed by atoms with Crippen molar-refractivity contribution in [2.75, 3.05) is 45.7 Å². The largest absolute Gasteiger partial charge is 0.494 e. The number of thiophene rings is 1. The molecule has 2 aromatic heterocycles. The van der Waals surface area contributed by atoms with Crippen molar-refractivity contribution in [1.82, 2.24) is 14.2 Å². The minimum Gasteiger partial charge on any atom is -0.494 e. The Labute approximate surface area is 219 Å². The van der Waals surface area contributed by atoms with E-state index in [-0.39, 0.29) is 10.1 Å². The number of hydrogen-bond acceptors (Lipinski definition) is 8. The Hall–Kier alpha value is -1.76. The molecule has 190 valence electrons. The first-order valence-corrected chi connectivity index (χ1v) is 14.9. The molecule has 0 aliphatic carbocycles. The van der Waals surface area contributed by atoms with Gasteiger partial charge in [-0.15, -0.1) is 11.3 Å². The average Bonchev–Trinajstić information content (AvgIpc) is 3.53. The van der Waals surface area contributed by atoms with Crippen molar-refractivity contribution in [3.8, 4) is 5.75 Å². The number of benzene rings is 1. The molecule has 1 aliphatic rings. The number of carbonyl (C=O) groups is 1. The minimum absolute atomic E-state index is 0.252. The average molecular weight is 557 g/mol. The number of rotatable bonds is 9. The highest BCUT2D eigenvalue weighted by molar-refractivity contribution is 7.91. The van der Waals surface area contributed by atoms with Crippen LogP contribution in [0.15, 0.2) is 33.9 Å². The third-order valence-electron chi connectivity index (χ3n) is 5.95. The maximum atomic E-state index is 14.0. The van der Waals surface area contributed by atoms with Crippen molar-refractivity contribution in [3.63, 3.8) is 0 Å². The number of thiazole rings is 1. The van der Waals surface area contributed by atoms with Crippen LogP contribution in [0, 0.1) is 0 Å². The Balaban J connectivity index is 1.72. The molecule has 0 saturated carbocycles. The molecule has 0 radical (unpaired) electrons. The van der Waals surface area contributed by atoms with E-state index >= 15 is 0 Å². The number of nitrogens with zero attached hydrogens (tertiary/aromatic N) is 4. The Morgan fingerprint density at radius 3 is 2.74 bits per heavy atom. The number of amides is 1. The SMILES string of the molecule is COc1ccc(Cl)c2sc(N(CCCN(C)C)C(=O)C3CCCCN3S(=O)(=O)c3cccs3)nc12. The van der Waals surface area contributed by atoms with Crippen molar-refractivity contribution < 1.29 is 17.9 Å². The van der Waals surface area contributed by atoms with Crippen LogP contribution in [-0.2, 0) is 14.8 Å². The Morgan fingerprint density at radius 1 is 1.26 bits per heavy atom. The molecule has 0 N–H and O–H groups in total. The quantitative estimate of drug-likeness (QED) is 0.384. The highest BCUT2D eigenvalue weighted by Gasteiger charge is 2.40. The van der Waals surface area contributed by atoms with E-state index in [4.69, 9.17) is 21.3 Å².